The molecule has 0 aromatic heterocycles. The Bertz CT molecular complexity index is 227. The maximum Gasteiger partial charge on any atom is 0.321 e. The van der Waals surface area contributed by atoms with E-state index in [0.717, 1.165) is 25.3 Å². The smallest absolute Gasteiger partial charge is 0.321 e. The quantitative estimate of drug-likeness (QED) is 0.354. The van der Waals surface area contributed by atoms with Crippen molar-refractivity contribution in [2.45, 2.75) is 78.8 Å². The van der Waals surface area contributed by atoms with Gasteiger partial charge in [-0.05, 0) is 52.0 Å². The highest BCUT2D eigenvalue weighted by Crippen LogP contribution is 2.22. The van der Waals surface area contributed by atoms with E-state index in [1.165, 1.54) is 49.7 Å². The zero-order valence-electron chi connectivity index (χ0n) is 15.5. The van der Waals surface area contributed by atoms with Crippen molar-refractivity contribution < 1.29 is 13.3 Å². The number of hydrogen-bond acceptors (Lipinski definition) is 2. The molecule has 0 aromatic carbocycles. The average molecular weight is 319 g/mol. The Balaban J connectivity index is 4.39. The van der Waals surface area contributed by atoms with Crippen molar-refractivity contribution in [2.75, 3.05) is 33.4 Å². The molecule has 0 heterocycles. The van der Waals surface area contributed by atoms with Crippen molar-refractivity contribution in [1.29, 1.82) is 0 Å². The van der Waals surface area contributed by atoms with Crippen LogP contribution in [0.25, 0.3) is 0 Å². The molecule has 0 aliphatic rings. The van der Waals surface area contributed by atoms with Gasteiger partial charge in [0.25, 0.3) is 0 Å². The Kier molecular flexibility index (Phi) is 12.7. The van der Waals surface area contributed by atoms with Gasteiger partial charge in [-0.3, -0.25) is 0 Å². The van der Waals surface area contributed by atoms with Gasteiger partial charge in [-0.2, -0.15) is 0 Å². The lowest BCUT2D eigenvalue weighted by Gasteiger charge is -2.41. The summed E-state index contributed by atoms with van der Waals surface area (Å²) >= 11 is 0. The van der Waals surface area contributed by atoms with Crippen molar-refractivity contribution in [3.63, 3.8) is 0 Å². The summed E-state index contributed by atoms with van der Waals surface area (Å²) in [6.45, 7) is 15.3. The molecule has 4 heteroatoms. The van der Waals surface area contributed by atoms with Crippen LogP contribution in [0.4, 0.5) is 0 Å². The first-order chi connectivity index (χ1) is 10.1. The number of rotatable bonds is 14. The molecule has 0 aliphatic heterocycles. The molecular weight excluding hydrogens is 278 g/mol. The lowest BCUT2D eigenvalue weighted by Crippen LogP contribution is -2.53. The highest BCUT2D eigenvalue weighted by molar-refractivity contribution is 6.44. The van der Waals surface area contributed by atoms with Crippen molar-refractivity contribution >= 4 is 9.28 Å². The van der Waals surface area contributed by atoms with Gasteiger partial charge in [0.05, 0.1) is 26.2 Å². The van der Waals surface area contributed by atoms with Crippen LogP contribution in [-0.2, 0) is 8.85 Å². The monoisotopic (exact) mass is 318 g/mol. The Morgan fingerprint density at radius 3 is 1.81 bits per heavy atom. The van der Waals surface area contributed by atoms with Crippen LogP contribution < -0.4 is 0 Å². The van der Waals surface area contributed by atoms with Crippen LogP contribution in [0.5, 0.6) is 0 Å². The van der Waals surface area contributed by atoms with Gasteiger partial charge in [-0.15, -0.1) is 0 Å². The van der Waals surface area contributed by atoms with Crippen LogP contribution in [0.3, 0.4) is 0 Å². The summed E-state index contributed by atoms with van der Waals surface area (Å²) in [5, 5.41) is 0. The van der Waals surface area contributed by atoms with Gasteiger partial charge < -0.3 is 13.3 Å². The van der Waals surface area contributed by atoms with E-state index in [1.54, 1.807) is 0 Å². The third-order valence-corrected chi connectivity index (χ3v) is 6.79. The lowest BCUT2D eigenvalue weighted by atomic mass is 10.0. The summed E-state index contributed by atoms with van der Waals surface area (Å²) < 4.78 is 12.8. The first-order valence-corrected chi connectivity index (χ1v) is 10.9. The molecule has 0 aliphatic carbocycles. The van der Waals surface area contributed by atoms with E-state index in [9.17, 15) is 0 Å². The Labute approximate surface area is 135 Å². The predicted molar refractivity (Wildman–Crippen MR) is 95.0 cm³/mol. The minimum absolute atomic E-state index is 0.794. The van der Waals surface area contributed by atoms with E-state index in [0.29, 0.717) is 0 Å². The molecule has 0 radical (unpaired) electrons. The zero-order chi connectivity index (χ0) is 16.1. The van der Waals surface area contributed by atoms with Gasteiger partial charge in [0.1, 0.15) is 0 Å². The molecule has 21 heavy (non-hydrogen) atoms. The van der Waals surface area contributed by atoms with Crippen LogP contribution in [0.15, 0.2) is 0 Å². The summed E-state index contributed by atoms with van der Waals surface area (Å²) in [6.07, 6.45) is 6.42. The van der Waals surface area contributed by atoms with E-state index in [4.69, 9.17) is 8.85 Å². The second-order valence-electron chi connectivity index (χ2n) is 6.26. The minimum Gasteiger partial charge on any atom is -0.397 e. The third kappa shape index (κ3) is 8.34. The van der Waals surface area contributed by atoms with Gasteiger partial charge in [0, 0.05) is 13.2 Å². The second-order valence-corrected chi connectivity index (χ2v) is 8.36. The largest absolute Gasteiger partial charge is 0.397 e. The summed E-state index contributed by atoms with van der Waals surface area (Å²) in [5.41, 5.74) is 0. The van der Waals surface area contributed by atoms with Crippen LogP contribution >= 0.6 is 0 Å². The normalized spacial score (nSPS) is 13.9. The van der Waals surface area contributed by atoms with Crippen LogP contribution in [0, 0.1) is 0 Å². The number of quaternary nitrogens is 1. The maximum atomic E-state index is 5.79. The first kappa shape index (κ1) is 21.1. The zero-order valence-corrected chi connectivity index (χ0v) is 16.6. The van der Waals surface area contributed by atoms with E-state index < -0.39 is 9.28 Å². The molecule has 0 spiro atoms. The molecular formula is C17H40NO2Si+. The molecule has 0 amide bonds. The highest BCUT2D eigenvalue weighted by atomic mass is 28.3. The average Bonchev–Trinajstić information content (AvgIpc) is 2.44. The minimum atomic E-state index is -1.40. The van der Waals surface area contributed by atoms with Gasteiger partial charge in [-0.25, -0.2) is 0 Å². The Hall–Kier alpha value is 0.0969. The first-order valence-electron chi connectivity index (χ1n) is 9.15. The molecule has 3 nitrogen and oxygen atoms in total. The Morgan fingerprint density at radius 2 is 1.43 bits per heavy atom. The molecule has 0 aromatic rings. The van der Waals surface area contributed by atoms with Crippen LogP contribution in [-0.4, -0.2) is 53.2 Å². The van der Waals surface area contributed by atoms with E-state index >= 15 is 0 Å². The van der Waals surface area contributed by atoms with Gasteiger partial charge in [-0.1, -0.05) is 20.8 Å². The lowest BCUT2D eigenvalue weighted by molar-refractivity contribution is -0.934. The SMILES string of the molecule is CCC[N+](C)(CCC)C(CC)CCC[SiH](OCC)OCC. The summed E-state index contributed by atoms with van der Waals surface area (Å²) in [7, 11) is 1.06. The van der Waals surface area contributed by atoms with E-state index in [-0.39, 0.29) is 0 Å². The Morgan fingerprint density at radius 1 is 0.905 bits per heavy atom. The summed E-state index contributed by atoms with van der Waals surface area (Å²) in [5.74, 6) is 0. The fraction of sp³-hybridized carbons (Fsp3) is 1.00. The molecule has 1 unspecified atom stereocenters. The van der Waals surface area contributed by atoms with Crippen molar-refractivity contribution in [3.8, 4) is 0 Å². The highest BCUT2D eigenvalue weighted by Gasteiger charge is 2.29. The van der Waals surface area contributed by atoms with Gasteiger partial charge in [0.15, 0.2) is 0 Å². The molecule has 0 saturated heterocycles. The number of nitrogens with zero attached hydrogens (tertiary/aromatic N) is 1. The molecule has 0 fully saturated rings. The van der Waals surface area contributed by atoms with Crippen molar-refractivity contribution in [1.82, 2.24) is 0 Å². The second kappa shape index (κ2) is 12.6. The summed E-state index contributed by atoms with van der Waals surface area (Å²) in [4.78, 5) is 0. The predicted octanol–water partition coefficient (Wildman–Crippen LogP) is 4.11. The number of hydrogen-bond donors (Lipinski definition) is 0. The van der Waals surface area contributed by atoms with Gasteiger partial charge in [0.2, 0.25) is 0 Å². The van der Waals surface area contributed by atoms with Crippen LogP contribution in [0.2, 0.25) is 6.04 Å². The fourth-order valence-corrected chi connectivity index (χ4v) is 5.30. The topological polar surface area (TPSA) is 18.5 Å². The third-order valence-electron chi connectivity index (χ3n) is 4.50. The molecule has 0 rings (SSSR count). The van der Waals surface area contributed by atoms with Crippen LogP contribution in [0.1, 0.15) is 66.7 Å². The maximum absolute atomic E-state index is 5.79. The molecule has 0 bridgehead atoms. The molecule has 0 N–H and O–H groups in total. The van der Waals surface area contributed by atoms with Crippen molar-refractivity contribution in [2.24, 2.45) is 0 Å². The van der Waals surface area contributed by atoms with Gasteiger partial charge >= 0.3 is 9.28 Å². The standard InChI is InChI=1S/C17H40NO2Si/c1-7-14-18(6,15-8-2)17(9-3)13-12-16-21(19-10-4)20-11-5/h17,21H,7-16H2,1-6H3/q+1. The molecule has 128 valence electrons. The molecule has 1 atom stereocenters. The van der Waals surface area contributed by atoms with E-state index in [1.807, 2.05) is 0 Å². The van der Waals surface area contributed by atoms with E-state index in [2.05, 4.69) is 41.7 Å². The van der Waals surface area contributed by atoms with Crippen molar-refractivity contribution in [3.05, 3.63) is 0 Å². The fourth-order valence-electron chi connectivity index (χ4n) is 3.56. The summed E-state index contributed by atoms with van der Waals surface area (Å²) in [6, 6.07) is 1.96. The molecule has 0 saturated carbocycles.